The molecule has 64 heavy (non-hydrogen) atoms. The molecular formula is C62H47NO. The zero-order valence-electron chi connectivity index (χ0n) is 36.8. The van der Waals surface area contributed by atoms with Crippen molar-refractivity contribution < 1.29 is 4.42 Å². The van der Waals surface area contributed by atoms with Crippen LogP contribution in [0.1, 0.15) is 73.6 Å². The molecule has 10 aromatic rings. The minimum absolute atomic E-state index is 0.139. The van der Waals surface area contributed by atoms with Gasteiger partial charge in [0, 0.05) is 38.7 Å². The SMILES string of the molecule is CC(C)(C)c1cc(N(c2ccc(-c3cccc4c3oc3ccccc34)cc2)c2ccc3c(c2)C(C)(C)c2ccccc2-3)c2c(c1)C1(c3ccccc3-c3ccccc31)c1ccccc1-2. The Bertz CT molecular complexity index is 3530. The van der Waals surface area contributed by atoms with E-state index in [1.165, 1.54) is 78.0 Å². The Labute approximate surface area is 375 Å². The average molecular weight is 822 g/mol. The lowest BCUT2D eigenvalue weighted by Gasteiger charge is -2.34. The number of furan rings is 1. The smallest absolute Gasteiger partial charge is 0.143 e. The molecule has 1 spiro atoms. The van der Waals surface area contributed by atoms with Gasteiger partial charge in [-0.05, 0) is 114 Å². The molecule has 2 nitrogen and oxygen atoms in total. The van der Waals surface area contributed by atoms with E-state index in [-0.39, 0.29) is 10.8 Å². The van der Waals surface area contributed by atoms with Crippen LogP contribution in [0.25, 0.3) is 66.4 Å². The number of hydrogen-bond donors (Lipinski definition) is 0. The molecule has 0 N–H and O–H groups in total. The van der Waals surface area contributed by atoms with Crippen molar-refractivity contribution in [2.24, 2.45) is 0 Å². The lowest BCUT2D eigenvalue weighted by Crippen LogP contribution is -2.27. The van der Waals surface area contributed by atoms with Crippen LogP contribution in [0.5, 0.6) is 0 Å². The third kappa shape index (κ3) is 4.91. The number of rotatable bonds is 4. The molecule has 0 atom stereocenters. The molecule has 0 amide bonds. The maximum Gasteiger partial charge on any atom is 0.143 e. The lowest BCUT2D eigenvalue weighted by atomic mass is 9.69. The Morgan fingerprint density at radius 1 is 0.422 bits per heavy atom. The summed E-state index contributed by atoms with van der Waals surface area (Å²) >= 11 is 0. The fourth-order valence-corrected chi connectivity index (χ4v) is 11.8. The first-order chi connectivity index (χ1) is 31.1. The summed E-state index contributed by atoms with van der Waals surface area (Å²) in [6.45, 7) is 11.8. The highest BCUT2D eigenvalue weighted by atomic mass is 16.3. The monoisotopic (exact) mass is 821 g/mol. The van der Waals surface area contributed by atoms with E-state index in [4.69, 9.17) is 4.42 Å². The molecule has 0 saturated heterocycles. The first kappa shape index (κ1) is 37.2. The predicted molar refractivity (Wildman–Crippen MR) is 266 cm³/mol. The summed E-state index contributed by atoms with van der Waals surface area (Å²) in [4.78, 5) is 2.56. The van der Waals surface area contributed by atoms with Gasteiger partial charge in [0.05, 0.1) is 11.1 Å². The van der Waals surface area contributed by atoms with Crippen LogP contribution in [0.15, 0.2) is 199 Å². The van der Waals surface area contributed by atoms with Crippen LogP contribution in [0.3, 0.4) is 0 Å². The van der Waals surface area contributed by atoms with Gasteiger partial charge in [0.15, 0.2) is 0 Å². The summed E-state index contributed by atoms with van der Waals surface area (Å²) in [5, 5.41) is 2.28. The van der Waals surface area contributed by atoms with Crippen molar-refractivity contribution >= 4 is 39.0 Å². The van der Waals surface area contributed by atoms with Gasteiger partial charge in [0.2, 0.25) is 0 Å². The number of hydrogen-bond acceptors (Lipinski definition) is 2. The van der Waals surface area contributed by atoms with Crippen molar-refractivity contribution in [1.82, 2.24) is 0 Å². The highest BCUT2D eigenvalue weighted by Crippen LogP contribution is 2.65. The highest BCUT2D eigenvalue weighted by molar-refractivity contribution is 6.10. The third-order valence-corrected chi connectivity index (χ3v) is 14.8. The zero-order valence-corrected chi connectivity index (χ0v) is 36.8. The van der Waals surface area contributed by atoms with E-state index in [1.807, 2.05) is 6.07 Å². The highest BCUT2D eigenvalue weighted by Gasteiger charge is 2.53. The van der Waals surface area contributed by atoms with Gasteiger partial charge in [0.25, 0.3) is 0 Å². The van der Waals surface area contributed by atoms with Crippen molar-refractivity contribution in [2.75, 3.05) is 4.90 Å². The summed E-state index contributed by atoms with van der Waals surface area (Å²) in [6, 6.07) is 72.7. The largest absolute Gasteiger partial charge is 0.455 e. The Kier molecular flexibility index (Phi) is 7.59. The molecule has 0 unspecified atom stereocenters. The van der Waals surface area contributed by atoms with Gasteiger partial charge in [-0.3, -0.25) is 0 Å². The fourth-order valence-electron chi connectivity index (χ4n) is 11.8. The molecule has 3 aliphatic carbocycles. The molecule has 0 aliphatic heterocycles. The minimum Gasteiger partial charge on any atom is -0.455 e. The van der Waals surface area contributed by atoms with E-state index in [0.717, 1.165) is 44.4 Å². The van der Waals surface area contributed by atoms with Crippen LogP contribution in [-0.4, -0.2) is 0 Å². The molecule has 13 rings (SSSR count). The maximum absolute atomic E-state index is 6.56. The Morgan fingerprint density at radius 3 is 1.64 bits per heavy atom. The molecule has 1 aromatic heterocycles. The van der Waals surface area contributed by atoms with Crippen LogP contribution < -0.4 is 4.90 Å². The quantitative estimate of drug-likeness (QED) is 0.176. The molecule has 0 fully saturated rings. The predicted octanol–water partition coefficient (Wildman–Crippen LogP) is 16.7. The first-order valence-corrected chi connectivity index (χ1v) is 22.7. The minimum atomic E-state index is -0.475. The summed E-state index contributed by atoms with van der Waals surface area (Å²) in [5.41, 5.74) is 24.0. The summed E-state index contributed by atoms with van der Waals surface area (Å²) < 4.78 is 6.56. The van der Waals surface area contributed by atoms with Gasteiger partial charge in [0.1, 0.15) is 11.2 Å². The van der Waals surface area contributed by atoms with Crippen LogP contribution in [0.2, 0.25) is 0 Å². The maximum atomic E-state index is 6.56. The van der Waals surface area contributed by atoms with Crippen molar-refractivity contribution in [1.29, 1.82) is 0 Å². The van der Waals surface area contributed by atoms with Crippen molar-refractivity contribution in [3.63, 3.8) is 0 Å². The van der Waals surface area contributed by atoms with Crippen LogP contribution >= 0.6 is 0 Å². The molecular weight excluding hydrogens is 775 g/mol. The lowest BCUT2D eigenvalue weighted by molar-refractivity contribution is 0.588. The standard InChI is InChI=1S/C62H47NO/c1-60(2,3)39-35-55-58(49-21-9-14-27-53(49)62(55)51-25-12-7-18-44(51)45-19-8-13-26-52(45)62)56(36-39)63(41-33-34-46-43-17-6-11-24-50(43)61(4,5)54(46)37-41)40-31-29-38(30-32-40)42-22-16-23-48-47-20-10-15-28-57(47)64-59(42)48/h6-37H,1-5H3. The molecule has 9 aromatic carbocycles. The van der Waals surface area contributed by atoms with Gasteiger partial charge in [-0.1, -0.05) is 192 Å². The Hall–Kier alpha value is -7.42. The van der Waals surface area contributed by atoms with E-state index in [0.29, 0.717) is 0 Å². The Morgan fingerprint density at radius 2 is 0.953 bits per heavy atom. The second-order valence-electron chi connectivity index (χ2n) is 19.6. The van der Waals surface area contributed by atoms with E-state index in [2.05, 4.69) is 228 Å². The molecule has 306 valence electrons. The van der Waals surface area contributed by atoms with Crippen molar-refractivity contribution in [3.8, 4) is 44.5 Å². The van der Waals surface area contributed by atoms with Crippen molar-refractivity contribution in [2.45, 2.75) is 50.9 Å². The van der Waals surface area contributed by atoms with Crippen LogP contribution in [-0.2, 0) is 16.2 Å². The molecule has 3 aliphatic rings. The van der Waals surface area contributed by atoms with Crippen LogP contribution in [0.4, 0.5) is 17.1 Å². The topological polar surface area (TPSA) is 16.4 Å². The van der Waals surface area contributed by atoms with Gasteiger partial charge >= 0.3 is 0 Å². The summed E-state index contributed by atoms with van der Waals surface area (Å²) in [6.07, 6.45) is 0. The number of anilines is 3. The average Bonchev–Trinajstić information content (AvgIpc) is 4.01. The van der Waals surface area contributed by atoms with Crippen molar-refractivity contribution in [3.05, 3.63) is 233 Å². The van der Waals surface area contributed by atoms with Gasteiger partial charge < -0.3 is 9.32 Å². The Balaban J connectivity index is 1.10. The molecule has 0 bridgehead atoms. The number of fused-ring (bicyclic) bond motifs is 16. The van der Waals surface area contributed by atoms with Crippen LogP contribution in [0, 0.1) is 0 Å². The van der Waals surface area contributed by atoms with E-state index in [1.54, 1.807) is 0 Å². The van der Waals surface area contributed by atoms with Gasteiger partial charge in [-0.15, -0.1) is 0 Å². The molecule has 0 saturated carbocycles. The second-order valence-corrected chi connectivity index (χ2v) is 19.6. The zero-order chi connectivity index (χ0) is 43.1. The second kappa shape index (κ2) is 13.1. The molecule has 2 heteroatoms. The van der Waals surface area contributed by atoms with Gasteiger partial charge in [-0.25, -0.2) is 0 Å². The number of nitrogens with zero attached hydrogens (tertiary/aromatic N) is 1. The summed E-state index contributed by atoms with van der Waals surface area (Å²) in [5.74, 6) is 0. The number of para-hydroxylation sites is 2. The van der Waals surface area contributed by atoms with E-state index < -0.39 is 5.41 Å². The third-order valence-electron chi connectivity index (χ3n) is 14.8. The van der Waals surface area contributed by atoms with E-state index >= 15 is 0 Å². The van der Waals surface area contributed by atoms with Gasteiger partial charge in [-0.2, -0.15) is 0 Å². The number of benzene rings is 9. The molecule has 0 radical (unpaired) electrons. The summed E-state index contributed by atoms with van der Waals surface area (Å²) in [7, 11) is 0. The molecule has 1 heterocycles. The fraction of sp³-hybridized carbons (Fsp3) is 0.129. The normalized spacial score (nSPS) is 14.6. The first-order valence-electron chi connectivity index (χ1n) is 22.7. The van der Waals surface area contributed by atoms with E-state index in [9.17, 15) is 0 Å².